The number of hydrogen-bond donors (Lipinski definition) is 1. The second kappa shape index (κ2) is 11.3. The third-order valence-corrected chi connectivity index (χ3v) is 6.95. The van der Waals surface area contributed by atoms with Gasteiger partial charge in [-0.3, -0.25) is 14.2 Å². The van der Waals surface area contributed by atoms with Crippen LogP contribution in [0.15, 0.2) is 70.3 Å². The summed E-state index contributed by atoms with van der Waals surface area (Å²) in [5, 5.41) is 3.17. The van der Waals surface area contributed by atoms with Gasteiger partial charge >= 0.3 is 6.18 Å². The van der Waals surface area contributed by atoms with Crippen molar-refractivity contribution in [1.29, 1.82) is 0 Å². The molecule has 1 atom stereocenters. The smallest absolute Gasteiger partial charge is 0.416 e. The molecule has 1 amide bonds. The molecule has 4 aromatic rings. The van der Waals surface area contributed by atoms with Crippen LogP contribution in [0.2, 0.25) is 0 Å². The molecule has 8 nitrogen and oxygen atoms in total. The minimum atomic E-state index is -4.43. The van der Waals surface area contributed by atoms with Crippen molar-refractivity contribution in [3.05, 3.63) is 99.4 Å². The summed E-state index contributed by atoms with van der Waals surface area (Å²) >= 11 is 0. The van der Waals surface area contributed by atoms with Gasteiger partial charge in [-0.15, -0.1) is 5.92 Å². The number of halogens is 3. The number of nitrogens with one attached hydrogen (secondary N) is 1. The number of anilines is 1. The second-order valence-electron chi connectivity index (χ2n) is 9.58. The Morgan fingerprint density at radius 2 is 1.88 bits per heavy atom. The first-order valence-electron chi connectivity index (χ1n) is 12.9. The van der Waals surface area contributed by atoms with Crippen LogP contribution in [0.5, 0.6) is 0 Å². The second-order valence-corrected chi connectivity index (χ2v) is 9.58. The van der Waals surface area contributed by atoms with Crippen LogP contribution in [0.4, 0.5) is 19.1 Å². The van der Waals surface area contributed by atoms with E-state index < -0.39 is 17.8 Å². The molecule has 1 N–H and O–H groups in total. The Labute approximate surface area is 233 Å². The van der Waals surface area contributed by atoms with Gasteiger partial charge in [0, 0.05) is 24.1 Å². The predicted octanol–water partition coefficient (Wildman–Crippen LogP) is 5.31. The summed E-state index contributed by atoms with van der Waals surface area (Å²) in [4.78, 5) is 37.1. The molecule has 210 valence electrons. The monoisotopic (exact) mass is 561 g/mol. The molecule has 0 saturated heterocycles. The maximum absolute atomic E-state index is 13.6. The normalized spacial score (nSPS) is 13.6. The molecule has 0 spiro atoms. The summed E-state index contributed by atoms with van der Waals surface area (Å²) in [6.07, 6.45) is -1.13. The Hall–Kier alpha value is -4.85. The van der Waals surface area contributed by atoms with Crippen molar-refractivity contribution in [2.45, 2.75) is 45.6 Å². The van der Waals surface area contributed by atoms with E-state index in [9.17, 15) is 22.8 Å². The lowest BCUT2D eigenvalue weighted by molar-refractivity contribution is -0.137. The van der Waals surface area contributed by atoms with Crippen LogP contribution in [-0.4, -0.2) is 31.9 Å². The summed E-state index contributed by atoms with van der Waals surface area (Å²) < 4.78 is 45.6. The van der Waals surface area contributed by atoms with Crippen LogP contribution >= 0.6 is 0 Å². The number of carbonyl (C=O) groups excluding carboxylic acids is 1. The highest BCUT2D eigenvalue weighted by Gasteiger charge is 2.30. The fraction of sp³-hybridized carbons (Fsp3) is 0.267. The zero-order valence-electron chi connectivity index (χ0n) is 22.3. The zero-order valence-corrected chi connectivity index (χ0v) is 22.3. The molecule has 1 aliphatic heterocycles. The molecular formula is C30H26F3N5O3. The SMILES string of the molecule is CC#CCn1c(NC(C)c2ccc(C(F)(F)F)cc2)nc2c(c1=O)CN(C(=O)c1ccc(-c3cnco3)cc1)CC2. The van der Waals surface area contributed by atoms with E-state index in [2.05, 4.69) is 22.1 Å². The molecule has 0 bridgehead atoms. The number of fused-ring (bicyclic) bond motifs is 1. The van der Waals surface area contributed by atoms with E-state index in [0.717, 1.165) is 17.7 Å². The van der Waals surface area contributed by atoms with E-state index in [1.807, 2.05) is 0 Å². The van der Waals surface area contributed by atoms with E-state index >= 15 is 0 Å². The number of oxazole rings is 1. The molecule has 0 saturated carbocycles. The highest BCUT2D eigenvalue weighted by Crippen LogP contribution is 2.30. The average Bonchev–Trinajstić information content (AvgIpc) is 3.51. The lowest BCUT2D eigenvalue weighted by atomic mass is 10.0. The maximum atomic E-state index is 13.6. The molecule has 1 aliphatic rings. The van der Waals surface area contributed by atoms with Gasteiger partial charge in [-0.2, -0.15) is 13.2 Å². The highest BCUT2D eigenvalue weighted by molar-refractivity contribution is 5.94. The lowest BCUT2D eigenvalue weighted by Gasteiger charge is -2.29. The number of rotatable bonds is 6. The highest BCUT2D eigenvalue weighted by atomic mass is 19.4. The molecular weight excluding hydrogens is 535 g/mol. The number of nitrogens with zero attached hydrogens (tertiary/aromatic N) is 4. The Balaban J connectivity index is 1.38. The average molecular weight is 562 g/mol. The van der Waals surface area contributed by atoms with Crippen molar-refractivity contribution in [1.82, 2.24) is 19.4 Å². The number of aromatic nitrogens is 3. The van der Waals surface area contributed by atoms with Crippen molar-refractivity contribution < 1.29 is 22.4 Å². The van der Waals surface area contributed by atoms with Gasteiger partial charge in [-0.05, 0) is 43.7 Å². The van der Waals surface area contributed by atoms with Gasteiger partial charge < -0.3 is 14.6 Å². The van der Waals surface area contributed by atoms with Crippen LogP contribution < -0.4 is 10.9 Å². The van der Waals surface area contributed by atoms with Crippen molar-refractivity contribution >= 4 is 11.9 Å². The van der Waals surface area contributed by atoms with Gasteiger partial charge in [-0.1, -0.05) is 30.2 Å². The summed E-state index contributed by atoms with van der Waals surface area (Å²) in [5.74, 6) is 6.31. The van der Waals surface area contributed by atoms with E-state index in [-0.39, 0.29) is 30.5 Å². The molecule has 2 aromatic heterocycles. The standard InChI is InChI=1S/C30H26F3N5O3/c1-3-4-14-38-28(40)24-17-37(27(39)22-7-5-21(6-8-22)26-16-34-18-41-26)15-13-25(24)36-29(38)35-19(2)20-9-11-23(12-10-20)30(31,32)33/h5-12,16,18-19H,13-15,17H2,1-2H3,(H,35,36). The zero-order chi connectivity index (χ0) is 29.1. The summed E-state index contributed by atoms with van der Waals surface area (Å²) in [7, 11) is 0. The fourth-order valence-electron chi connectivity index (χ4n) is 4.66. The quantitative estimate of drug-likeness (QED) is 0.321. The maximum Gasteiger partial charge on any atom is 0.416 e. The van der Waals surface area contributed by atoms with Crippen molar-refractivity contribution in [3.63, 3.8) is 0 Å². The third-order valence-electron chi connectivity index (χ3n) is 6.95. The van der Waals surface area contributed by atoms with Crippen molar-refractivity contribution in [2.24, 2.45) is 0 Å². The van der Waals surface area contributed by atoms with Crippen molar-refractivity contribution in [2.75, 3.05) is 11.9 Å². The van der Waals surface area contributed by atoms with E-state index in [1.54, 1.807) is 49.2 Å². The number of hydrogen-bond acceptors (Lipinski definition) is 6. The van der Waals surface area contributed by atoms with E-state index in [1.165, 1.54) is 23.1 Å². The van der Waals surface area contributed by atoms with Gasteiger partial charge in [0.1, 0.15) is 0 Å². The van der Waals surface area contributed by atoms with Gasteiger partial charge in [0.25, 0.3) is 11.5 Å². The van der Waals surface area contributed by atoms with Crippen LogP contribution in [-0.2, 0) is 25.7 Å². The largest absolute Gasteiger partial charge is 0.444 e. The minimum Gasteiger partial charge on any atom is -0.444 e. The Morgan fingerprint density at radius 1 is 1.15 bits per heavy atom. The molecule has 0 aliphatic carbocycles. The van der Waals surface area contributed by atoms with Crippen molar-refractivity contribution in [3.8, 4) is 23.2 Å². The van der Waals surface area contributed by atoms with E-state index in [0.29, 0.717) is 41.1 Å². The summed E-state index contributed by atoms with van der Waals surface area (Å²) in [6, 6.07) is 11.4. The van der Waals surface area contributed by atoms with Gasteiger partial charge in [0.05, 0.1) is 42.1 Å². The number of benzene rings is 2. The number of carbonyl (C=O) groups is 1. The minimum absolute atomic E-state index is 0.0642. The molecule has 11 heteroatoms. The van der Waals surface area contributed by atoms with Crippen LogP contribution in [0.3, 0.4) is 0 Å². The third kappa shape index (κ3) is 5.87. The van der Waals surface area contributed by atoms with Crippen LogP contribution in [0.25, 0.3) is 11.3 Å². The summed E-state index contributed by atoms with van der Waals surface area (Å²) in [5.41, 5.74) is 1.79. The molecule has 2 aromatic carbocycles. The van der Waals surface area contributed by atoms with E-state index in [4.69, 9.17) is 9.40 Å². The summed E-state index contributed by atoms with van der Waals surface area (Å²) in [6.45, 7) is 3.96. The number of alkyl halides is 3. The van der Waals surface area contributed by atoms with Gasteiger partial charge in [-0.25, -0.2) is 9.97 Å². The van der Waals surface area contributed by atoms with Gasteiger partial charge in [0.2, 0.25) is 5.95 Å². The first kappa shape index (κ1) is 27.7. The predicted molar refractivity (Wildman–Crippen MR) is 146 cm³/mol. The first-order chi connectivity index (χ1) is 19.7. The van der Waals surface area contributed by atoms with Crippen LogP contribution in [0, 0.1) is 11.8 Å². The first-order valence-corrected chi connectivity index (χ1v) is 12.9. The number of amides is 1. The van der Waals surface area contributed by atoms with Crippen LogP contribution in [0.1, 0.15) is 52.6 Å². The molecule has 41 heavy (non-hydrogen) atoms. The Bertz CT molecular complexity index is 1670. The molecule has 0 fully saturated rings. The Kier molecular flexibility index (Phi) is 7.66. The Morgan fingerprint density at radius 3 is 2.51 bits per heavy atom. The molecule has 5 rings (SSSR count). The molecule has 0 radical (unpaired) electrons. The molecule has 1 unspecified atom stereocenters. The topological polar surface area (TPSA) is 93.3 Å². The molecule has 3 heterocycles. The fourth-order valence-corrected chi connectivity index (χ4v) is 4.66. The lowest BCUT2D eigenvalue weighted by Crippen LogP contribution is -2.41. The van der Waals surface area contributed by atoms with Gasteiger partial charge in [0.15, 0.2) is 12.2 Å².